The molecule has 66 valence electrons. The van der Waals surface area contributed by atoms with Crippen LogP contribution in [-0.4, -0.2) is 4.98 Å². The predicted octanol–water partition coefficient (Wildman–Crippen LogP) is 3.52. The monoisotopic (exact) mass is 255 g/mol. The van der Waals surface area contributed by atoms with Crippen LogP contribution in [0.15, 0.2) is 16.6 Å². The maximum atomic E-state index is 12.1. The van der Waals surface area contributed by atoms with Crippen molar-refractivity contribution in [3.63, 3.8) is 0 Å². The van der Waals surface area contributed by atoms with Gasteiger partial charge in [0.2, 0.25) is 0 Å². The van der Waals surface area contributed by atoms with Crippen LogP contribution in [0.2, 0.25) is 0 Å². The van der Waals surface area contributed by atoms with Gasteiger partial charge in [-0.3, -0.25) is 4.98 Å². The quantitative estimate of drug-likeness (QED) is 0.738. The van der Waals surface area contributed by atoms with Crippen LogP contribution in [0.1, 0.15) is 17.8 Å². The van der Waals surface area contributed by atoms with Crippen LogP contribution in [0, 0.1) is 0 Å². The molecule has 0 fully saturated rings. The fourth-order valence-corrected chi connectivity index (χ4v) is 1.39. The van der Waals surface area contributed by atoms with Crippen LogP contribution in [0.4, 0.5) is 8.78 Å². The van der Waals surface area contributed by atoms with Gasteiger partial charge in [-0.2, -0.15) is 0 Å². The second-order valence-corrected chi connectivity index (χ2v) is 3.32. The molecule has 0 amide bonds. The molecule has 0 radical (unpaired) electrons. The Morgan fingerprint density at radius 2 is 2.17 bits per heavy atom. The highest BCUT2D eigenvalue weighted by atomic mass is 79.9. The zero-order valence-corrected chi connectivity index (χ0v) is 8.24. The summed E-state index contributed by atoms with van der Waals surface area (Å²) in [5.74, 6) is 0.138. The number of nitrogens with zero attached hydrogens (tertiary/aromatic N) is 1. The van der Waals surface area contributed by atoms with Gasteiger partial charge in [0.05, 0.1) is 11.6 Å². The van der Waals surface area contributed by atoms with Gasteiger partial charge in [0, 0.05) is 4.47 Å². The van der Waals surface area contributed by atoms with E-state index in [2.05, 4.69) is 20.9 Å². The molecule has 0 aliphatic heterocycles. The second kappa shape index (κ2) is 4.14. The van der Waals surface area contributed by atoms with Crippen LogP contribution in [0.3, 0.4) is 0 Å². The summed E-state index contributed by atoms with van der Waals surface area (Å²) in [6, 6.07) is 2.89. The minimum Gasteiger partial charge on any atom is -0.251 e. The Hall–Kier alpha value is -0.220. The summed E-state index contributed by atoms with van der Waals surface area (Å²) < 4.78 is 24.8. The molecule has 0 saturated carbocycles. The van der Waals surface area contributed by atoms with Crippen LogP contribution >= 0.6 is 27.5 Å². The standard InChI is InChI=1S/C7H5BrClF2N/c8-4-1-5(3-9)12-6(2-4)7(10)11/h1-2,7H,3H2. The van der Waals surface area contributed by atoms with E-state index in [4.69, 9.17) is 11.6 Å². The highest BCUT2D eigenvalue weighted by Gasteiger charge is 2.10. The third-order valence-corrected chi connectivity index (χ3v) is 1.96. The Bertz CT molecular complexity index is 280. The van der Waals surface area contributed by atoms with Crippen molar-refractivity contribution in [2.45, 2.75) is 12.3 Å². The normalized spacial score (nSPS) is 10.8. The zero-order chi connectivity index (χ0) is 9.14. The lowest BCUT2D eigenvalue weighted by atomic mass is 10.3. The summed E-state index contributed by atoms with van der Waals surface area (Å²) in [7, 11) is 0. The summed E-state index contributed by atoms with van der Waals surface area (Å²) >= 11 is 8.54. The summed E-state index contributed by atoms with van der Waals surface area (Å²) in [5, 5.41) is 0. The van der Waals surface area contributed by atoms with Gasteiger partial charge in [-0.1, -0.05) is 15.9 Å². The van der Waals surface area contributed by atoms with Gasteiger partial charge in [-0.05, 0) is 12.1 Å². The minimum absolute atomic E-state index is 0.138. The van der Waals surface area contributed by atoms with Gasteiger partial charge >= 0.3 is 0 Å². The van der Waals surface area contributed by atoms with Gasteiger partial charge in [0.15, 0.2) is 0 Å². The van der Waals surface area contributed by atoms with Gasteiger partial charge in [-0.15, -0.1) is 11.6 Å². The van der Waals surface area contributed by atoms with E-state index in [1.165, 1.54) is 6.07 Å². The zero-order valence-electron chi connectivity index (χ0n) is 5.90. The summed E-state index contributed by atoms with van der Waals surface area (Å²) in [6.45, 7) is 0. The lowest BCUT2D eigenvalue weighted by Crippen LogP contribution is -1.94. The molecule has 0 atom stereocenters. The predicted molar refractivity (Wildman–Crippen MR) is 46.5 cm³/mol. The van der Waals surface area contributed by atoms with Crippen molar-refractivity contribution < 1.29 is 8.78 Å². The molecule has 0 aliphatic rings. The number of hydrogen-bond donors (Lipinski definition) is 0. The van der Waals surface area contributed by atoms with Crippen LogP contribution < -0.4 is 0 Å². The third kappa shape index (κ3) is 2.38. The molecule has 1 aromatic heterocycles. The van der Waals surface area contributed by atoms with E-state index in [1.54, 1.807) is 6.07 Å². The average Bonchev–Trinajstić information content (AvgIpc) is 2.03. The number of alkyl halides is 3. The van der Waals surface area contributed by atoms with E-state index in [1.807, 2.05) is 0 Å². The molecule has 1 heterocycles. The van der Waals surface area contributed by atoms with Crippen LogP contribution in [0.5, 0.6) is 0 Å². The molecule has 1 aromatic rings. The fourth-order valence-electron chi connectivity index (χ4n) is 0.753. The van der Waals surface area contributed by atoms with E-state index < -0.39 is 6.43 Å². The Morgan fingerprint density at radius 1 is 1.50 bits per heavy atom. The molecular formula is C7H5BrClF2N. The lowest BCUT2D eigenvalue weighted by molar-refractivity contribution is 0.146. The van der Waals surface area contributed by atoms with E-state index >= 15 is 0 Å². The third-order valence-electron chi connectivity index (χ3n) is 1.22. The smallest absolute Gasteiger partial charge is 0.251 e. The van der Waals surface area contributed by atoms with Crippen LogP contribution in [0.25, 0.3) is 0 Å². The molecule has 1 nitrogen and oxygen atoms in total. The first-order chi connectivity index (χ1) is 5.63. The van der Waals surface area contributed by atoms with E-state index in [0.717, 1.165) is 0 Å². The maximum Gasteiger partial charge on any atom is 0.280 e. The van der Waals surface area contributed by atoms with Crippen molar-refractivity contribution in [1.82, 2.24) is 4.98 Å². The van der Waals surface area contributed by atoms with Crippen LogP contribution in [-0.2, 0) is 5.88 Å². The number of rotatable bonds is 2. The SMILES string of the molecule is FC(F)c1cc(Br)cc(CCl)n1. The van der Waals surface area contributed by atoms with Crippen molar-refractivity contribution in [3.05, 3.63) is 28.0 Å². The number of hydrogen-bond acceptors (Lipinski definition) is 1. The van der Waals surface area contributed by atoms with E-state index in [-0.39, 0.29) is 11.6 Å². The van der Waals surface area contributed by atoms with Crippen molar-refractivity contribution in [2.24, 2.45) is 0 Å². The summed E-state index contributed by atoms with van der Waals surface area (Å²) in [6.07, 6.45) is -2.55. The minimum atomic E-state index is -2.55. The van der Waals surface area contributed by atoms with Gasteiger partial charge in [0.1, 0.15) is 5.69 Å². The lowest BCUT2D eigenvalue weighted by Gasteiger charge is -2.01. The second-order valence-electron chi connectivity index (χ2n) is 2.14. The van der Waals surface area contributed by atoms with Crippen molar-refractivity contribution in [3.8, 4) is 0 Å². The average molecular weight is 256 g/mol. The number of pyridine rings is 1. The van der Waals surface area contributed by atoms with Crippen molar-refractivity contribution in [1.29, 1.82) is 0 Å². The van der Waals surface area contributed by atoms with Crippen molar-refractivity contribution in [2.75, 3.05) is 0 Å². The highest BCUT2D eigenvalue weighted by molar-refractivity contribution is 9.10. The summed E-state index contributed by atoms with van der Waals surface area (Å²) in [5.41, 5.74) is 0.196. The first kappa shape index (κ1) is 9.86. The Labute approximate surface area is 81.9 Å². The van der Waals surface area contributed by atoms with E-state index in [9.17, 15) is 8.78 Å². The molecule has 0 spiro atoms. The topological polar surface area (TPSA) is 12.9 Å². The molecule has 0 bridgehead atoms. The first-order valence-electron chi connectivity index (χ1n) is 3.14. The maximum absolute atomic E-state index is 12.1. The van der Waals surface area contributed by atoms with Crippen molar-refractivity contribution >= 4 is 27.5 Å². The first-order valence-corrected chi connectivity index (χ1v) is 4.46. The number of aromatic nitrogens is 1. The molecule has 0 aromatic carbocycles. The summed E-state index contributed by atoms with van der Waals surface area (Å²) in [4.78, 5) is 3.64. The molecule has 0 aliphatic carbocycles. The number of halogens is 4. The molecule has 0 N–H and O–H groups in total. The van der Waals surface area contributed by atoms with Gasteiger partial charge in [0.25, 0.3) is 6.43 Å². The Morgan fingerprint density at radius 3 is 2.67 bits per heavy atom. The highest BCUT2D eigenvalue weighted by Crippen LogP contribution is 2.21. The molecule has 0 unspecified atom stereocenters. The van der Waals surface area contributed by atoms with Gasteiger partial charge < -0.3 is 0 Å². The molecule has 12 heavy (non-hydrogen) atoms. The molecule has 0 saturated heterocycles. The Balaban J connectivity index is 3.06. The van der Waals surface area contributed by atoms with E-state index in [0.29, 0.717) is 10.2 Å². The van der Waals surface area contributed by atoms with Gasteiger partial charge in [-0.25, -0.2) is 8.78 Å². The molecule has 5 heteroatoms. The Kier molecular flexibility index (Phi) is 3.40. The fraction of sp³-hybridized carbons (Fsp3) is 0.286. The molecule has 1 rings (SSSR count). The molecular weight excluding hydrogens is 251 g/mol. The largest absolute Gasteiger partial charge is 0.280 e.